The fourth-order valence-electron chi connectivity index (χ4n) is 3.72. The van der Waals surface area contributed by atoms with Gasteiger partial charge in [0.2, 0.25) is 5.91 Å². The molecule has 4 heterocycles. The summed E-state index contributed by atoms with van der Waals surface area (Å²) in [5.41, 5.74) is 0.437. The molecule has 2 N–H and O–H groups in total. The topological polar surface area (TPSA) is 74.3 Å². The summed E-state index contributed by atoms with van der Waals surface area (Å²) >= 11 is 1.45. The fraction of sp³-hybridized carbons (Fsp3) is 0.471. The highest BCUT2D eigenvalue weighted by Crippen LogP contribution is 2.30. The van der Waals surface area contributed by atoms with E-state index in [-0.39, 0.29) is 17.9 Å². The predicted octanol–water partition coefficient (Wildman–Crippen LogP) is 2.08. The molecule has 1 unspecified atom stereocenters. The van der Waals surface area contributed by atoms with Gasteiger partial charge in [-0.05, 0) is 37.4 Å². The van der Waals surface area contributed by atoms with Gasteiger partial charge >= 0.3 is 0 Å². The maximum Gasteiger partial charge on any atom is 0.270 e. The number of piperidine rings is 1. The highest BCUT2D eigenvalue weighted by Gasteiger charge is 2.33. The number of thiophene rings is 1. The van der Waals surface area contributed by atoms with Crippen molar-refractivity contribution in [1.82, 2.24) is 15.2 Å². The average molecular weight is 344 g/mol. The molecule has 0 radical (unpaired) electrons. The molecule has 2 aliphatic rings. The summed E-state index contributed by atoms with van der Waals surface area (Å²) < 4.78 is 0.950. The van der Waals surface area contributed by atoms with Crippen LogP contribution in [-0.2, 0) is 4.79 Å². The minimum Gasteiger partial charge on any atom is -0.347 e. The van der Waals surface area contributed by atoms with Gasteiger partial charge in [0.05, 0.1) is 5.00 Å². The van der Waals surface area contributed by atoms with Crippen LogP contribution in [0, 0.1) is 5.92 Å². The number of carbonyl (C=O) groups excluding carboxylic acids is 2. The van der Waals surface area contributed by atoms with Gasteiger partial charge < -0.3 is 15.5 Å². The summed E-state index contributed by atoms with van der Waals surface area (Å²) in [5, 5.41) is 7.61. The van der Waals surface area contributed by atoms with Gasteiger partial charge in [0.1, 0.15) is 5.69 Å². The van der Waals surface area contributed by atoms with Crippen molar-refractivity contribution < 1.29 is 9.59 Å². The molecule has 24 heavy (non-hydrogen) atoms. The Labute approximate surface area is 144 Å². The summed E-state index contributed by atoms with van der Waals surface area (Å²) in [7, 11) is 0. The van der Waals surface area contributed by atoms with Crippen LogP contribution in [0.4, 0.5) is 5.00 Å². The molecule has 0 spiro atoms. The lowest BCUT2D eigenvalue weighted by Crippen LogP contribution is -2.47. The number of rotatable bonds is 3. The number of anilines is 1. The molecule has 3 atom stereocenters. The molecule has 2 aromatic heterocycles. The van der Waals surface area contributed by atoms with Crippen molar-refractivity contribution in [3.05, 3.63) is 24.0 Å². The standard InChI is InChI=1S/C17H20N4O2S/c1-10(22)19-16-5-12-7-18-14(6-15(12)24-16)17(23)20-13-4-11-2-3-21(8-11)9-13/h5-7,11,13H,2-4,8-9H2,1H3,(H,19,22)(H,20,23)/t11-,13+/m0/s1. The van der Waals surface area contributed by atoms with E-state index >= 15 is 0 Å². The molecule has 2 aromatic rings. The van der Waals surface area contributed by atoms with Gasteiger partial charge in [-0.3, -0.25) is 14.6 Å². The number of hydrogen-bond donors (Lipinski definition) is 2. The van der Waals surface area contributed by atoms with E-state index < -0.39 is 0 Å². The second-order valence-corrected chi connectivity index (χ2v) is 7.80. The van der Waals surface area contributed by atoms with E-state index in [9.17, 15) is 9.59 Å². The van der Waals surface area contributed by atoms with Crippen LogP contribution < -0.4 is 10.6 Å². The quantitative estimate of drug-likeness (QED) is 0.894. The number of aromatic nitrogens is 1. The highest BCUT2D eigenvalue weighted by molar-refractivity contribution is 7.23. The normalized spacial score (nSPS) is 25.6. The summed E-state index contributed by atoms with van der Waals surface area (Å²) in [6.07, 6.45) is 4.01. The van der Waals surface area contributed by atoms with Crippen LogP contribution in [-0.4, -0.2) is 47.4 Å². The number of hydrogen-bond acceptors (Lipinski definition) is 5. The van der Waals surface area contributed by atoms with E-state index in [0.29, 0.717) is 5.69 Å². The van der Waals surface area contributed by atoms with Gasteiger partial charge in [0.15, 0.2) is 0 Å². The zero-order valence-electron chi connectivity index (χ0n) is 13.5. The molecule has 2 fully saturated rings. The van der Waals surface area contributed by atoms with Crippen molar-refractivity contribution in [2.45, 2.75) is 25.8 Å². The maximum absolute atomic E-state index is 12.5. The van der Waals surface area contributed by atoms with E-state index in [2.05, 4.69) is 20.5 Å². The Hall–Kier alpha value is -1.99. The first-order valence-electron chi connectivity index (χ1n) is 8.27. The maximum atomic E-state index is 12.5. The number of pyridine rings is 1. The van der Waals surface area contributed by atoms with E-state index in [0.717, 1.165) is 40.5 Å². The van der Waals surface area contributed by atoms with Crippen LogP contribution in [0.25, 0.3) is 10.1 Å². The van der Waals surface area contributed by atoms with Crippen LogP contribution in [0.2, 0.25) is 0 Å². The molecule has 0 saturated carbocycles. The highest BCUT2D eigenvalue weighted by atomic mass is 32.1. The van der Waals surface area contributed by atoms with Crippen molar-refractivity contribution in [2.24, 2.45) is 5.92 Å². The molecule has 2 aliphatic heterocycles. The van der Waals surface area contributed by atoms with Crippen molar-refractivity contribution in [1.29, 1.82) is 0 Å². The van der Waals surface area contributed by atoms with Gasteiger partial charge in [0.25, 0.3) is 5.91 Å². The Morgan fingerprint density at radius 1 is 1.33 bits per heavy atom. The summed E-state index contributed by atoms with van der Waals surface area (Å²) in [6, 6.07) is 3.90. The molecular formula is C17H20N4O2S. The lowest BCUT2D eigenvalue weighted by atomic mass is 9.97. The third kappa shape index (κ3) is 3.14. The van der Waals surface area contributed by atoms with Crippen LogP contribution in [0.5, 0.6) is 0 Å². The lowest BCUT2D eigenvalue weighted by molar-refractivity contribution is -0.114. The second-order valence-electron chi connectivity index (χ2n) is 6.72. The van der Waals surface area contributed by atoms with Crippen LogP contribution >= 0.6 is 11.3 Å². The molecular weight excluding hydrogens is 324 g/mol. The smallest absolute Gasteiger partial charge is 0.270 e. The van der Waals surface area contributed by atoms with E-state index in [4.69, 9.17) is 0 Å². The van der Waals surface area contributed by atoms with E-state index in [1.807, 2.05) is 6.07 Å². The SMILES string of the molecule is CC(=O)Nc1cc2cnc(C(=O)N[C@@H]3C[C@@H]4CCN(C4)C3)cc2s1. The lowest BCUT2D eigenvalue weighted by Gasteiger charge is -2.30. The first kappa shape index (κ1) is 15.5. The van der Waals surface area contributed by atoms with Crippen molar-refractivity contribution in [3.8, 4) is 0 Å². The summed E-state index contributed by atoms with van der Waals surface area (Å²) in [4.78, 5) is 30.4. The molecule has 0 aromatic carbocycles. The first-order chi connectivity index (χ1) is 11.6. The Morgan fingerprint density at radius 2 is 2.21 bits per heavy atom. The largest absolute Gasteiger partial charge is 0.347 e. The van der Waals surface area contributed by atoms with Gasteiger partial charge in [-0.15, -0.1) is 11.3 Å². The summed E-state index contributed by atoms with van der Waals surface area (Å²) in [5.74, 6) is 0.505. The number of carbonyl (C=O) groups is 2. The number of nitrogens with one attached hydrogen (secondary N) is 2. The number of fused-ring (bicyclic) bond motifs is 3. The Balaban J connectivity index is 1.48. The minimum absolute atomic E-state index is 0.102. The van der Waals surface area contributed by atoms with Crippen molar-refractivity contribution in [2.75, 3.05) is 25.0 Å². The number of amides is 2. The molecule has 4 rings (SSSR count). The second kappa shape index (κ2) is 6.14. The Kier molecular flexibility index (Phi) is 3.97. The monoisotopic (exact) mass is 344 g/mol. The third-order valence-electron chi connectivity index (χ3n) is 4.74. The van der Waals surface area contributed by atoms with Crippen LogP contribution in [0.1, 0.15) is 30.3 Å². The van der Waals surface area contributed by atoms with Gasteiger partial charge in [-0.1, -0.05) is 0 Å². The molecule has 2 saturated heterocycles. The van der Waals surface area contributed by atoms with Crippen molar-refractivity contribution in [3.63, 3.8) is 0 Å². The minimum atomic E-state index is -0.112. The molecule has 6 nitrogen and oxygen atoms in total. The molecule has 126 valence electrons. The van der Waals surface area contributed by atoms with Gasteiger partial charge in [-0.25, -0.2) is 0 Å². The predicted molar refractivity (Wildman–Crippen MR) is 94.3 cm³/mol. The van der Waals surface area contributed by atoms with Crippen molar-refractivity contribution >= 4 is 38.2 Å². The van der Waals surface area contributed by atoms with Crippen LogP contribution in [0.3, 0.4) is 0 Å². The first-order valence-corrected chi connectivity index (χ1v) is 9.09. The number of nitrogens with zero attached hydrogens (tertiary/aromatic N) is 2. The van der Waals surface area contributed by atoms with Crippen LogP contribution in [0.15, 0.2) is 18.3 Å². The Bertz CT molecular complexity index is 791. The zero-order valence-corrected chi connectivity index (χ0v) is 14.4. The fourth-order valence-corrected chi connectivity index (χ4v) is 4.73. The third-order valence-corrected chi connectivity index (χ3v) is 5.75. The molecule has 0 aliphatic carbocycles. The zero-order chi connectivity index (χ0) is 16.7. The van der Waals surface area contributed by atoms with E-state index in [1.165, 1.54) is 31.2 Å². The molecule has 2 amide bonds. The van der Waals surface area contributed by atoms with Gasteiger partial charge in [-0.2, -0.15) is 0 Å². The summed E-state index contributed by atoms with van der Waals surface area (Å²) in [6.45, 7) is 4.76. The Morgan fingerprint density at radius 3 is 3.00 bits per heavy atom. The van der Waals surface area contributed by atoms with E-state index in [1.54, 1.807) is 12.3 Å². The molecule has 7 heteroatoms. The molecule has 2 bridgehead atoms. The average Bonchev–Trinajstić information content (AvgIpc) is 3.07. The van der Waals surface area contributed by atoms with Gasteiger partial charge in [0, 0.05) is 42.3 Å².